The van der Waals surface area contributed by atoms with Crippen molar-refractivity contribution < 1.29 is 5.11 Å². The van der Waals surface area contributed by atoms with Gasteiger partial charge in [-0.05, 0) is 68.2 Å². The van der Waals surface area contributed by atoms with E-state index in [1.807, 2.05) is 0 Å². The summed E-state index contributed by atoms with van der Waals surface area (Å²) in [6.45, 7) is 3.23. The number of hydrogen-bond donors (Lipinski definition) is 2. The lowest BCUT2D eigenvalue weighted by atomic mass is 9.87. The van der Waals surface area contributed by atoms with Crippen molar-refractivity contribution >= 4 is 5.69 Å². The molecule has 3 nitrogen and oxygen atoms in total. The van der Waals surface area contributed by atoms with E-state index in [2.05, 4.69) is 35.5 Å². The van der Waals surface area contributed by atoms with Crippen LogP contribution in [0.4, 0.5) is 5.69 Å². The highest BCUT2D eigenvalue weighted by Crippen LogP contribution is 2.27. The number of anilines is 1. The van der Waals surface area contributed by atoms with Crippen molar-refractivity contribution in [1.82, 2.24) is 5.32 Å². The van der Waals surface area contributed by atoms with Gasteiger partial charge in [-0.15, -0.1) is 0 Å². The molecule has 2 N–H and O–H groups in total. The molecule has 21 heavy (non-hydrogen) atoms. The number of aliphatic hydroxyl groups excluding tert-OH is 1. The van der Waals surface area contributed by atoms with Gasteiger partial charge < -0.3 is 15.3 Å². The second-order valence-electron chi connectivity index (χ2n) is 6.79. The standard InChI is InChI=1S/C18H28N2O/c1-20-10-2-3-16-11-15(6-9-18(16)20)13-19-12-14-4-7-17(21)8-5-14/h6,9,11,14,17,19,21H,2-5,7-8,10,12-13H2,1H3. The lowest BCUT2D eigenvalue weighted by molar-refractivity contribution is 0.108. The summed E-state index contributed by atoms with van der Waals surface area (Å²) in [6, 6.07) is 6.92. The number of hydrogen-bond acceptors (Lipinski definition) is 3. The lowest BCUT2D eigenvalue weighted by Crippen LogP contribution is -2.28. The van der Waals surface area contributed by atoms with E-state index in [1.165, 1.54) is 49.0 Å². The molecule has 1 aliphatic carbocycles. The Balaban J connectivity index is 1.49. The molecule has 0 spiro atoms. The molecule has 0 atom stereocenters. The first-order valence-electron chi connectivity index (χ1n) is 8.44. The molecular weight excluding hydrogens is 260 g/mol. The van der Waals surface area contributed by atoms with E-state index in [-0.39, 0.29) is 6.10 Å². The number of benzene rings is 1. The van der Waals surface area contributed by atoms with E-state index in [4.69, 9.17) is 0 Å². The zero-order chi connectivity index (χ0) is 14.7. The molecular formula is C18H28N2O. The molecule has 2 aliphatic rings. The van der Waals surface area contributed by atoms with Gasteiger partial charge in [0.25, 0.3) is 0 Å². The van der Waals surface area contributed by atoms with Gasteiger partial charge in [0.2, 0.25) is 0 Å². The Kier molecular flexibility index (Phi) is 4.81. The van der Waals surface area contributed by atoms with Crippen LogP contribution in [0.5, 0.6) is 0 Å². The van der Waals surface area contributed by atoms with Gasteiger partial charge in [-0.2, -0.15) is 0 Å². The van der Waals surface area contributed by atoms with E-state index in [0.29, 0.717) is 0 Å². The predicted octanol–water partition coefficient (Wildman–Crippen LogP) is 2.71. The Morgan fingerprint density at radius 3 is 2.86 bits per heavy atom. The number of nitrogens with one attached hydrogen (secondary N) is 1. The highest BCUT2D eigenvalue weighted by Gasteiger charge is 2.19. The van der Waals surface area contributed by atoms with Gasteiger partial charge in [0.05, 0.1) is 6.10 Å². The van der Waals surface area contributed by atoms with Crippen LogP contribution in [0.2, 0.25) is 0 Å². The highest BCUT2D eigenvalue weighted by molar-refractivity contribution is 5.56. The van der Waals surface area contributed by atoms with Gasteiger partial charge in [0.15, 0.2) is 0 Å². The molecule has 1 aromatic carbocycles. The SMILES string of the molecule is CN1CCCc2cc(CNCC3CCC(O)CC3)ccc21. The van der Waals surface area contributed by atoms with Crippen molar-refractivity contribution in [2.75, 3.05) is 25.0 Å². The third-order valence-electron chi connectivity index (χ3n) is 5.07. The van der Waals surface area contributed by atoms with Gasteiger partial charge in [-0.3, -0.25) is 0 Å². The summed E-state index contributed by atoms with van der Waals surface area (Å²) in [5.41, 5.74) is 4.31. The summed E-state index contributed by atoms with van der Waals surface area (Å²) in [4.78, 5) is 2.36. The fraction of sp³-hybridized carbons (Fsp3) is 0.667. The van der Waals surface area contributed by atoms with E-state index < -0.39 is 0 Å². The molecule has 1 aliphatic heterocycles. The zero-order valence-corrected chi connectivity index (χ0v) is 13.1. The van der Waals surface area contributed by atoms with Crippen LogP contribution >= 0.6 is 0 Å². The molecule has 0 unspecified atom stereocenters. The van der Waals surface area contributed by atoms with Crippen LogP contribution in [-0.4, -0.2) is 31.3 Å². The Morgan fingerprint density at radius 2 is 2.05 bits per heavy atom. The third-order valence-corrected chi connectivity index (χ3v) is 5.07. The number of rotatable bonds is 4. The van der Waals surface area contributed by atoms with Crippen LogP contribution in [0.3, 0.4) is 0 Å². The van der Waals surface area contributed by atoms with Crippen molar-refractivity contribution in [3.8, 4) is 0 Å². The minimum Gasteiger partial charge on any atom is -0.393 e. The van der Waals surface area contributed by atoms with Gasteiger partial charge >= 0.3 is 0 Å². The topological polar surface area (TPSA) is 35.5 Å². The normalized spacial score (nSPS) is 25.7. The molecule has 1 aromatic rings. The van der Waals surface area contributed by atoms with Crippen molar-refractivity contribution in [2.24, 2.45) is 5.92 Å². The molecule has 1 fully saturated rings. The van der Waals surface area contributed by atoms with Crippen LogP contribution in [0.25, 0.3) is 0 Å². The maximum absolute atomic E-state index is 9.54. The summed E-state index contributed by atoms with van der Waals surface area (Å²) >= 11 is 0. The Morgan fingerprint density at radius 1 is 1.24 bits per heavy atom. The molecule has 0 bridgehead atoms. The van der Waals surface area contributed by atoms with E-state index in [1.54, 1.807) is 0 Å². The van der Waals surface area contributed by atoms with Crippen LogP contribution in [-0.2, 0) is 13.0 Å². The van der Waals surface area contributed by atoms with Crippen molar-refractivity contribution in [1.29, 1.82) is 0 Å². The molecule has 0 radical (unpaired) electrons. The van der Waals surface area contributed by atoms with Gasteiger partial charge in [0, 0.05) is 25.8 Å². The summed E-state index contributed by atoms with van der Waals surface area (Å²) in [5.74, 6) is 0.747. The fourth-order valence-corrected chi connectivity index (χ4v) is 3.72. The van der Waals surface area contributed by atoms with Crippen LogP contribution in [0, 0.1) is 5.92 Å². The van der Waals surface area contributed by atoms with Crippen molar-refractivity contribution in [3.63, 3.8) is 0 Å². The number of aryl methyl sites for hydroxylation is 1. The molecule has 0 aromatic heterocycles. The third kappa shape index (κ3) is 3.78. The Bertz CT molecular complexity index is 466. The predicted molar refractivity (Wildman–Crippen MR) is 87.7 cm³/mol. The molecule has 1 saturated carbocycles. The maximum Gasteiger partial charge on any atom is 0.0540 e. The van der Waals surface area contributed by atoms with Crippen molar-refractivity contribution in [2.45, 2.75) is 51.2 Å². The van der Waals surface area contributed by atoms with Crippen molar-refractivity contribution in [3.05, 3.63) is 29.3 Å². The second-order valence-corrected chi connectivity index (χ2v) is 6.79. The molecule has 116 valence electrons. The van der Waals surface area contributed by atoms with E-state index in [9.17, 15) is 5.11 Å². The first-order valence-corrected chi connectivity index (χ1v) is 8.44. The minimum absolute atomic E-state index is 0.0427. The van der Waals surface area contributed by atoms with Gasteiger partial charge in [0.1, 0.15) is 0 Å². The first-order chi connectivity index (χ1) is 10.2. The second kappa shape index (κ2) is 6.80. The molecule has 3 heteroatoms. The summed E-state index contributed by atoms with van der Waals surface area (Å²) in [7, 11) is 2.19. The Labute approximate surface area is 128 Å². The average molecular weight is 288 g/mol. The smallest absolute Gasteiger partial charge is 0.0540 e. The lowest BCUT2D eigenvalue weighted by Gasteiger charge is -2.28. The molecule has 0 amide bonds. The number of nitrogens with zero attached hydrogens (tertiary/aromatic N) is 1. The van der Waals surface area contributed by atoms with Crippen LogP contribution in [0.15, 0.2) is 18.2 Å². The first kappa shape index (κ1) is 14.9. The monoisotopic (exact) mass is 288 g/mol. The van der Waals surface area contributed by atoms with Crippen LogP contribution < -0.4 is 10.2 Å². The highest BCUT2D eigenvalue weighted by atomic mass is 16.3. The molecule has 3 rings (SSSR count). The quantitative estimate of drug-likeness (QED) is 0.894. The summed E-state index contributed by atoms with van der Waals surface area (Å²) < 4.78 is 0. The summed E-state index contributed by atoms with van der Waals surface area (Å²) in [5, 5.41) is 13.1. The number of fused-ring (bicyclic) bond motifs is 1. The summed E-state index contributed by atoms with van der Waals surface area (Å²) in [6.07, 6.45) is 6.75. The fourth-order valence-electron chi connectivity index (χ4n) is 3.72. The van der Waals surface area contributed by atoms with E-state index >= 15 is 0 Å². The van der Waals surface area contributed by atoms with E-state index in [0.717, 1.165) is 31.8 Å². The average Bonchev–Trinajstić information content (AvgIpc) is 2.49. The largest absolute Gasteiger partial charge is 0.393 e. The van der Waals surface area contributed by atoms with Gasteiger partial charge in [-0.1, -0.05) is 12.1 Å². The Hall–Kier alpha value is -1.06. The zero-order valence-electron chi connectivity index (χ0n) is 13.1. The van der Waals surface area contributed by atoms with Gasteiger partial charge in [-0.25, -0.2) is 0 Å². The minimum atomic E-state index is -0.0427. The molecule has 1 heterocycles. The maximum atomic E-state index is 9.54. The number of aliphatic hydroxyl groups is 1. The molecule has 0 saturated heterocycles. The van der Waals surface area contributed by atoms with Crippen LogP contribution in [0.1, 0.15) is 43.2 Å².